The molecule has 9 nitrogen and oxygen atoms in total. The van der Waals surface area contributed by atoms with E-state index in [0.717, 1.165) is 12.8 Å². The zero-order valence-corrected chi connectivity index (χ0v) is 21.4. The second-order valence-corrected chi connectivity index (χ2v) is 10.7. The van der Waals surface area contributed by atoms with Crippen LogP contribution in [0.3, 0.4) is 0 Å². The number of hydrogen-bond acceptors (Lipinski definition) is 6. The van der Waals surface area contributed by atoms with Gasteiger partial charge in [-0.25, -0.2) is 5.48 Å². The summed E-state index contributed by atoms with van der Waals surface area (Å²) in [7, 11) is 0. The Hall–Kier alpha value is -2.49. The number of ether oxygens (including phenoxy) is 1. The number of nitrogens with zero attached hydrogens (tertiary/aromatic N) is 2. The zero-order valence-electron chi connectivity index (χ0n) is 21.4. The Morgan fingerprint density at radius 2 is 1.83 bits per heavy atom. The van der Waals surface area contributed by atoms with E-state index in [1.54, 1.807) is 10.4 Å². The van der Waals surface area contributed by atoms with E-state index in [-0.39, 0.29) is 17.7 Å². The van der Waals surface area contributed by atoms with Gasteiger partial charge < -0.3 is 19.9 Å². The molecule has 36 heavy (non-hydrogen) atoms. The van der Waals surface area contributed by atoms with Gasteiger partial charge in [0.1, 0.15) is 0 Å². The molecule has 9 heteroatoms. The fraction of sp³-hybridized carbons (Fsp3) is 0.667. The van der Waals surface area contributed by atoms with Crippen molar-refractivity contribution in [2.75, 3.05) is 45.9 Å². The van der Waals surface area contributed by atoms with Crippen LogP contribution < -0.4 is 10.8 Å². The fourth-order valence-electron chi connectivity index (χ4n) is 5.76. The highest BCUT2D eigenvalue weighted by molar-refractivity contribution is 5.90. The molecule has 3 aliphatic rings. The van der Waals surface area contributed by atoms with Crippen molar-refractivity contribution < 1.29 is 24.3 Å². The van der Waals surface area contributed by atoms with E-state index in [1.165, 1.54) is 11.1 Å². The summed E-state index contributed by atoms with van der Waals surface area (Å²) in [5.41, 5.74) is 4.40. The second-order valence-electron chi connectivity index (χ2n) is 10.7. The Balaban J connectivity index is 1.34. The van der Waals surface area contributed by atoms with Gasteiger partial charge in [0, 0.05) is 32.6 Å². The second kappa shape index (κ2) is 12.2. The number of piperidine rings is 2. The van der Waals surface area contributed by atoms with E-state index in [2.05, 4.69) is 43.4 Å². The van der Waals surface area contributed by atoms with Crippen LogP contribution >= 0.6 is 0 Å². The van der Waals surface area contributed by atoms with Gasteiger partial charge in [-0.15, -0.1) is 0 Å². The topological polar surface area (TPSA) is 111 Å². The molecule has 0 bridgehead atoms. The number of morpholine rings is 1. The Morgan fingerprint density at radius 1 is 1.11 bits per heavy atom. The number of carbonyl (C=O) groups excluding carboxylic acids is 3. The van der Waals surface area contributed by atoms with Crippen molar-refractivity contribution in [1.82, 2.24) is 20.6 Å². The fourth-order valence-corrected chi connectivity index (χ4v) is 5.76. The van der Waals surface area contributed by atoms with Gasteiger partial charge in [-0.3, -0.25) is 19.6 Å². The lowest BCUT2D eigenvalue weighted by Gasteiger charge is -2.40. The first-order valence-corrected chi connectivity index (χ1v) is 13.3. The molecule has 0 spiro atoms. The highest BCUT2D eigenvalue weighted by atomic mass is 16.5. The SMILES string of the molecule is CC(C)c1cccc(C2CCN(C(=O)C3NCC(CC(=O)N4CCOCC4)CC3C(=O)NO)CC2)c1. The molecule has 1 aromatic carbocycles. The van der Waals surface area contributed by atoms with Gasteiger partial charge in [-0.05, 0) is 54.7 Å². The van der Waals surface area contributed by atoms with E-state index < -0.39 is 17.9 Å². The molecule has 1 aromatic rings. The maximum Gasteiger partial charge on any atom is 0.248 e. The Labute approximate surface area is 213 Å². The van der Waals surface area contributed by atoms with Gasteiger partial charge in [0.25, 0.3) is 0 Å². The summed E-state index contributed by atoms with van der Waals surface area (Å²) >= 11 is 0. The van der Waals surface area contributed by atoms with Crippen molar-refractivity contribution in [2.24, 2.45) is 11.8 Å². The van der Waals surface area contributed by atoms with Gasteiger partial charge in [-0.2, -0.15) is 0 Å². The van der Waals surface area contributed by atoms with Crippen molar-refractivity contribution in [3.63, 3.8) is 0 Å². The maximum atomic E-state index is 13.5. The van der Waals surface area contributed by atoms with Crippen LogP contribution in [0.1, 0.15) is 62.5 Å². The van der Waals surface area contributed by atoms with E-state index >= 15 is 0 Å². The van der Waals surface area contributed by atoms with Crippen molar-refractivity contribution in [3.8, 4) is 0 Å². The van der Waals surface area contributed by atoms with Crippen molar-refractivity contribution in [3.05, 3.63) is 35.4 Å². The lowest BCUT2D eigenvalue weighted by Crippen LogP contribution is -2.59. The average molecular weight is 501 g/mol. The predicted octanol–water partition coefficient (Wildman–Crippen LogP) is 1.86. The number of benzene rings is 1. The van der Waals surface area contributed by atoms with Crippen molar-refractivity contribution >= 4 is 17.7 Å². The van der Waals surface area contributed by atoms with Gasteiger partial charge in [0.2, 0.25) is 17.7 Å². The molecular weight excluding hydrogens is 460 g/mol. The van der Waals surface area contributed by atoms with E-state index in [4.69, 9.17) is 4.74 Å². The van der Waals surface area contributed by atoms with E-state index in [9.17, 15) is 19.6 Å². The lowest BCUT2D eigenvalue weighted by molar-refractivity contribution is -0.146. The largest absolute Gasteiger partial charge is 0.378 e. The van der Waals surface area contributed by atoms with Crippen LogP contribution in [0.25, 0.3) is 0 Å². The standard InChI is InChI=1S/C27H40N4O5/c1-18(2)21-4-3-5-22(16-21)20-6-8-31(9-7-20)27(34)25-23(26(33)29-35)14-19(17-28-25)15-24(32)30-10-12-36-13-11-30/h3-5,16,18-20,23,25,28,35H,6-15,17H2,1-2H3,(H,29,33). The smallest absolute Gasteiger partial charge is 0.248 e. The predicted molar refractivity (Wildman–Crippen MR) is 134 cm³/mol. The summed E-state index contributed by atoms with van der Waals surface area (Å²) in [6, 6.07) is 8.04. The minimum atomic E-state index is -0.723. The number of rotatable bonds is 6. The minimum absolute atomic E-state index is 0.0432. The van der Waals surface area contributed by atoms with Gasteiger partial charge in [-0.1, -0.05) is 38.1 Å². The lowest BCUT2D eigenvalue weighted by atomic mass is 9.81. The number of nitrogens with one attached hydrogen (secondary N) is 2. The van der Waals surface area contributed by atoms with Crippen LogP contribution in [0.5, 0.6) is 0 Å². The monoisotopic (exact) mass is 500 g/mol. The van der Waals surface area contributed by atoms with Gasteiger partial charge in [0.15, 0.2) is 0 Å². The van der Waals surface area contributed by atoms with Crippen LogP contribution in [0.15, 0.2) is 24.3 Å². The molecule has 4 rings (SSSR count). The summed E-state index contributed by atoms with van der Waals surface area (Å²) in [5.74, 6) is -0.544. The highest BCUT2D eigenvalue weighted by Gasteiger charge is 2.42. The number of likely N-dealkylation sites (tertiary alicyclic amines) is 1. The summed E-state index contributed by atoms with van der Waals surface area (Å²) in [6.07, 6.45) is 2.45. The molecule has 3 saturated heterocycles. The molecule has 0 saturated carbocycles. The molecule has 3 unspecified atom stereocenters. The summed E-state index contributed by atoms with van der Waals surface area (Å²) < 4.78 is 5.32. The molecule has 3 aliphatic heterocycles. The summed E-state index contributed by atoms with van der Waals surface area (Å²) in [5, 5.41) is 12.6. The first-order chi connectivity index (χ1) is 17.4. The molecule has 3 amide bonds. The molecule has 0 radical (unpaired) electrons. The molecule has 3 heterocycles. The number of hydrogen-bond donors (Lipinski definition) is 3. The molecule has 0 aliphatic carbocycles. The zero-order chi connectivity index (χ0) is 25.7. The Bertz CT molecular complexity index is 924. The Kier molecular flexibility index (Phi) is 8.98. The average Bonchev–Trinajstić information content (AvgIpc) is 2.92. The molecule has 198 valence electrons. The third kappa shape index (κ3) is 6.25. The third-order valence-corrected chi connectivity index (χ3v) is 8.01. The summed E-state index contributed by atoms with van der Waals surface area (Å²) in [4.78, 5) is 42.3. The van der Waals surface area contributed by atoms with Gasteiger partial charge in [0.05, 0.1) is 25.2 Å². The van der Waals surface area contributed by atoms with Crippen LogP contribution in [-0.2, 0) is 19.1 Å². The molecule has 3 fully saturated rings. The third-order valence-electron chi connectivity index (χ3n) is 8.01. The van der Waals surface area contributed by atoms with Crippen LogP contribution in [0.4, 0.5) is 0 Å². The minimum Gasteiger partial charge on any atom is -0.378 e. The Morgan fingerprint density at radius 3 is 2.50 bits per heavy atom. The van der Waals surface area contributed by atoms with Crippen molar-refractivity contribution in [2.45, 2.75) is 57.4 Å². The van der Waals surface area contributed by atoms with Gasteiger partial charge >= 0.3 is 0 Å². The summed E-state index contributed by atoms with van der Waals surface area (Å²) in [6.45, 7) is 8.40. The maximum absolute atomic E-state index is 13.5. The molecular formula is C27H40N4O5. The molecule has 3 N–H and O–H groups in total. The molecule has 3 atom stereocenters. The number of hydroxylamine groups is 1. The first-order valence-electron chi connectivity index (χ1n) is 13.3. The van der Waals surface area contributed by atoms with Crippen LogP contribution in [-0.4, -0.2) is 84.7 Å². The number of amides is 3. The van der Waals surface area contributed by atoms with E-state index in [1.807, 2.05) is 4.90 Å². The highest BCUT2D eigenvalue weighted by Crippen LogP contribution is 2.32. The van der Waals surface area contributed by atoms with Crippen LogP contribution in [0, 0.1) is 11.8 Å². The first kappa shape index (κ1) is 26.6. The quantitative estimate of drug-likeness (QED) is 0.406. The van der Waals surface area contributed by atoms with E-state index in [0.29, 0.717) is 70.6 Å². The van der Waals surface area contributed by atoms with Crippen LogP contribution in [0.2, 0.25) is 0 Å². The number of carbonyl (C=O) groups is 3. The van der Waals surface area contributed by atoms with Crippen molar-refractivity contribution in [1.29, 1.82) is 0 Å². The normalized spacial score (nSPS) is 25.6. The molecule has 0 aromatic heterocycles.